The third-order valence-electron chi connectivity index (χ3n) is 5.06. The molecule has 0 aliphatic heterocycles. The molecule has 5 heteroatoms. The monoisotopic (exact) mass is 401 g/mol. The van der Waals surface area contributed by atoms with Crippen molar-refractivity contribution in [2.24, 2.45) is 0 Å². The van der Waals surface area contributed by atoms with Crippen LogP contribution >= 0.6 is 0 Å². The molecular formula is C25H24FN3O. The van der Waals surface area contributed by atoms with Crippen molar-refractivity contribution in [3.8, 4) is 11.8 Å². The molecule has 0 fully saturated rings. The van der Waals surface area contributed by atoms with Crippen LogP contribution in [0, 0.1) is 31.0 Å². The number of aryl methyl sites for hydroxylation is 1. The predicted molar refractivity (Wildman–Crippen MR) is 118 cm³/mol. The molecule has 0 saturated carbocycles. The number of hydrogen-bond acceptors (Lipinski definition) is 2. The molecule has 0 radical (unpaired) electrons. The Labute approximate surface area is 176 Å². The van der Waals surface area contributed by atoms with Crippen molar-refractivity contribution < 1.29 is 9.18 Å². The molecule has 3 rings (SSSR count). The Balaban J connectivity index is 1.90. The fourth-order valence-corrected chi connectivity index (χ4v) is 3.38. The topological polar surface area (TPSA) is 57.8 Å². The number of aromatic nitrogens is 1. The molecule has 0 saturated heterocycles. The summed E-state index contributed by atoms with van der Waals surface area (Å²) in [6, 6.07) is 17.7. The van der Waals surface area contributed by atoms with Crippen LogP contribution in [0.5, 0.6) is 0 Å². The number of nitrogens with one attached hydrogen (secondary N) is 1. The van der Waals surface area contributed by atoms with Crippen molar-refractivity contribution in [3.63, 3.8) is 0 Å². The van der Waals surface area contributed by atoms with Gasteiger partial charge in [0.15, 0.2) is 0 Å². The van der Waals surface area contributed by atoms with Crippen molar-refractivity contribution in [1.29, 1.82) is 5.26 Å². The molecule has 0 atom stereocenters. The van der Waals surface area contributed by atoms with E-state index >= 15 is 0 Å². The SMILES string of the molecule is Cc1cc(/C=C(/C#N)C(=O)Nc2ccc(F)cc2)c(C)n1-c1ccc(C(C)C)cc1. The van der Waals surface area contributed by atoms with Crippen LogP contribution in [0.2, 0.25) is 0 Å². The van der Waals surface area contributed by atoms with E-state index in [4.69, 9.17) is 0 Å². The lowest BCUT2D eigenvalue weighted by Crippen LogP contribution is -2.13. The van der Waals surface area contributed by atoms with E-state index in [-0.39, 0.29) is 5.57 Å². The predicted octanol–water partition coefficient (Wildman–Crippen LogP) is 5.90. The highest BCUT2D eigenvalue weighted by atomic mass is 19.1. The Bertz CT molecular complexity index is 1130. The Hall–Kier alpha value is -3.65. The van der Waals surface area contributed by atoms with Crippen molar-refractivity contribution >= 4 is 17.7 Å². The van der Waals surface area contributed by atoms with Gasteiger partial charge in [-0.1, -0.05) is 26.0 Å². The van der Waals surface area contributed by atoms with Crippen molar-refractivity contribution in [2.45, 2.75) is 33.6 Å². The summed E-state index contributed by atoms with van der Waals surface area (Å²) >= 11 is 0. The van der Waals surface area contributed by atoms with Crippen LogP contribution < -0.4 is 5.32 Å². The van der Waals surface area contributed by atoms with Crippen LogP contribution in [0.4, 0.5) is 10.1 Å². The molecule has 0 unspecified atom stereocenters. The van der Waals surface area contributed by atoms with E-state index in [1.165, 1.54) is 29.8 Å². The smallest absolute Gasteiger partial charge is 0.266 e. The van der Waals surface area contributed by atoms with E-state index in [0.717, 1.165) is 22.6 Å². The van der Waals surface area contributed by atoms with Crippen LogP contribution in [0.1, 0.15) is 42.3 Å². The van der Waals surface area contributed by atoms with Gasteiger partial charge in [0.2, 0.25) is 0 Å². The molecule has 0 aliphatic carbocycles. The summed E-state index contributed by atoms with van der Waals surface area (Å²) in [6.07, 6.45) is 1.58. The van der Waals surface area contributed by atoms with Gasteiger partial charge in [-0.05, 0) is 79.4 Å². The van der Waals surface area contributed by atoms with E-state index in [9.17, 15) is 14.4 Å². The van der Waals surface area contributed by atoms with E-state index in [1.54, 1.807) is 6.08 Å². The summed E-state index contributed by atoms with van der Waals surface area (Å²) in [5.41, 5.74) is 5.45. The number of nitrogens with zero attached hydrogens (tertiary/aromatic N) is 2. The highest BCUT2D eigenvalue weighted by molar-refractivity contribution is 6.09. The molecule has 0 aliphatic rings. The summed E-state index contributed by atoms with van der Waals surface area (Å²) in [5, 5.41) is 12.1. The highest BCUT2D eigenvalue weighted by Crippen LogP contribution is 2.25. The quantitative estimate of drug-likeness (QED) is 0.427. The average Bonchev–Trinajstić information content (AvgIpc) is 3.00. The number of nitriles is 1. The fourth-order valence-electron chi connectivity index (χ4n) is 3.38. The number of hydrogen-bond donors (Lipinski definition) is 1. The molecule has 4 nitrogen and oxygen atoms in total. The van der Waals surface area contributed by atoms with Crippen molar-refractivity contribution in [3.05, 3.63) is 88.5 Å². The molecule has 1 N–H and O–H groups in total. The van der Waals surface area contributed by atoms with Crippen LogP contribution in [-0.4, -0.2) is 10.5 Å². The van der Waals surface area contributed by atoms with E-state index < -0.39 is 11.7 Å². The van der Waals surface area contributed by atoms with Gasteiger partial charge in [-0.25, -0.2) is 4.39 Å². The van der Waals surface area contributed by atoms with Gasteiger partial charge in [-0.15, -0.1) is 0 Å². The fraction of sp³-hybridized carbons (Fsp3) is 0.200. The second-order valence-corrected chi connectivity index (χ2v) is 7.54. The summed E-state index contributed by atoms with van der Waals surface area (Å²) in [6.45, 7) is 8.27. The molecule has 0 bridgehead atoms. The number of amides is 1. The molecule has 3 aromatic rings. The van der Waals surface area contributed by atoms with Gasteiger partial charge >= 0.3 is 0 Å². The van der Waals surface area contributed by atoms with Crippen LogP contribution in [0.15, 0.2) is 60.2 Å². The average molecular weight is 401 g/mol. The maximum atomic E-state index is 13.0. The molecule has 0 spiro atoms. The normalized spacial score (nSPS) is 11.4. The second kappa shape index (κ2) is 8.79. The highest BCUT2D eigenvalue weighted by Gasteiger charge is 2.14. The molecule has 1 amide bonds. The summed E-state index contributed by atoms with van der Waals surface area (Å²) < 4.78 is 15.1. The van der Waals surface area contributed by atoms with Gasteiger partial charge in [-0.2, -0.15) is 5.26 Å². The minimum absolute atomic E-state index is 0.0188. The van der Waals surface area contributed by atoms with Gasteiger partial charge in [0, 0.05) is 22.8 Å². The Kier molecular flexibility index (Phi) is 6.17. The number of halogens is 1. The standard InChI is InChI=1S/C25H24FN3O/c1-16(2)19-5-11-24(12-6-19)29-17(3)13-20(18(29)4)14-21(15-27)25(30)28-23-9-7-22(26)8-10-23/h5-14,16H,1-4H3,(H,28,30)/b21-14-. The molecule has 152 valence electrons. The first-order valence-electron chi connectivity index (χ1n) is 9.78. The largest absolute Gasteiger partial charge is 0.321 e. The summed E-state index contributed by atoms with van der Waals surface area (Å²) in [5.74, 6) is -0.463. The Morgan fingerprint density at radius 2 is 1.73 bits per heavy atom. The summed E-state index contributed by atoms with van der Waals surface area (Å²) in [4.78, 5) is 12.5. The van der Waals surface area contributed by atoms with Crippen LogP contribution in [-0.2, 0) is 4.79 Å². The van der Waals surface area contributed by atoms with Gasteiger partial charge < -0.3 is 9.88 Å². The lowest BCUT2D eigenvalue weighted by atomic mass is 10.0. The minimum atomic E-state index is -0.532. The zero-order valence-corrected chi connectivity index (χ0v) is 17.5. The van der Waals surface area contributed by atoms with Crippen molar-refractivity contribution in [2.75, 3.05) is 5.32 Å². The molecule has 1 heterocycles. The number of benzene rings is 2. The van der Waals surface area contributed by atoms with Gasteiger partial charge in [0.05, 0.1) is 0 Å². The molecular weight excluding hydrogens is 377 g/mol. The van der Waals surface area contributed by atoms with E-state index in [1.807, 2.05) is 26.0 Å². The van der Waals surface area contributed by atoms with Gasteiger partial charge in [0.1, 0.15) is 17.5 Å². The molecule has 30 heavy (non-hydrogen) atoms. The van der Waals surface area contributed by atoms with Crippen molar-refractivity contribution in [1.82, 2.24) is 4.57 Å². The van der Waals surface area contributed by atoms with Gasteiger partial charge in [-0.3, -0.25) is 4.79 Å². The van der Waals surface area contributed by atoms with Gasteiger partial charge in [0.25, 0.3) is 5.91 Å². The third kappa shape index (κ3) is 4.49. The van der Waals surface area contributed by atoms with Crippen LogP contribution in [0.3, 0.4) is 0 Å². The Morgan fingerprint density at radius 3 is 2.30 bits per heavy atom. The first-order valence-corrected chi connectivity index (χ1v) is 9.78. The lowest BCUT2D eigenvalue weighted by Gasteiger charge is -2.12. The zero-order valence-electron chi connectivity index (χ0n) is 17.5. The first kappa shape index (κ1) is 21.1. The Morgan fingerprint density at radius 1 is 1.10 bits per heavy atom. The number of carbonyl (C=O) groups is 1. The third-order valence-corrected chi connectivity index (χ3v) is 5.06. The first-order chi connectivity index (χ1) is 14.3. The minimum Gasteiger partial charge on any atom is -0.321 e. The van der Waals surface area contributed by atoms with Crippen LogP contribution in [0.25, 0.3) is 11.8 Å². The van der Waals surface area contributed by atoms with E-state index in [0.29, 0.717) is 11.6 Å². The second-order valence-electron chi connectivity index (χ2n) is 7.54. The molecule has 2 aromatic carbocycles. The summed E-state index contributed by atoms with van der Waals surface area (Å²) in [7, 11) is 0. The maximum absolute atomic E-state index is 13.0. The maximum Gasteiger partial charge on any atom is 0.266 e. The molecule has 1 aromatic heterocycles. The zero-order chi connectivity index (χ0) is 21.8. The number of rotatable bonds is 5. The van der Waals surface area contributed by atoms with E-state index in [2.05, 4.69) is 48.0 Å². The number of anilines is 1. The number of carbonyl (C=O) groups excluding carboxylic acids is 1. The lowest BCUT2D eigenvalue weighted by molar-refractivity contribution is -0.112.